The molecule has 0 aliphatic heterocycles. The van der Waals surface area contributed by atoms with Gasteiger partial charge >= 0.3 is 11.9 Å². The van der Waals surface area contributed by atoms with Gasteiger partial charge in [0.15, 0.2) is 6.10 Å². The zero-order valence-electron chi connectivity index (χ0n) is 19.6. The van der Waals surface area contributed by atoms with E-state index in [-0.39, 0.29) is 25.2 Å². The van der Waals surface area contributed by atoms with E-state index in [0.29, 0.717) is 12.0 Å². The van der Waals surface area contributed by atoms with E-state index in [2.05, 4.69) is 10.6 Å². The second-order valence-electron chi connectivity index (χ2n) is 8.56. The Labute approximate surface area is 202 Å². The lowest BCUT2D eigenvalue weighted by Gasteiger charge is -2.25. The molecule has 0 radical (unpaired) electrons. The predicted octanol–water partition coefficient (Wildman–Crippen LogP) is 2.14. The van der Waals surface area contributed by atoms with Crippen LogP contribution >= 0.6 is 0 Å². The molecular formula is C25H30N2O8. The summed E-state index contributed by atoms with van der Waals surface area (Å²) in [5.74, 6) is -3.42. The number of rotatable bonds is 14. The predicted molar refractivity (Wildman–Crippen MR) is 127 cm³/mol. The first-order valence-corrected chi connectivity index (χ1v) is 11.2. The largest absolute Gasteiger partial charge is 0.481 e. The smallest absolute Gasteiger partial charge is 0.305 e. The summed E-state index contributed by atoms with van der Waals surface area (Å²) in [6.45, 7) is 3.66. The minimum atomic E-state index is -1.26. The normalized spacial score (nSPS) is 13.5. The van der Waals surface area contributed by atoms with Crippen molar-refractivity contribution < 1.29 is 38.9 Å². The number of fused-ring (bicyclic) bond motifs is 1. The number of carbonyl (C=O) groups excluding carboxylic acids is 3. The standard InChI is InChI=1S/C25H30N2O8/c1-15(2)12-19(24(33)26-17(14-28)13-23(31)32)27-25(34)21(10-11-22(29)30)35-20-9-5-7-16-6-3-4-8-18(16)20/h3-9,14-15,17,19,21H,10-13H2,1-2H3,(H,26,33)(H,27,34)(H,29,30)(H,31,32)/t17-,19-,21-/m0/s1. The van der Waals surface area contributed by atoms with E-state index in [1.165, 1.54) is 0 Å². The molecule has 0 fully saturated rings. The molecular weight excluding hydrogens is 456 g/mol. The summed E-state index contributed by atoms with van der Waals surface area (Å²) in [5, 5.41) is 24.6. The molecule has 2 amide bonds. The summed E-state index contributed by atoms with van der Waals surface area (Å²) in [6, 6.07) is 10.3. The lowest BCUT2D eigenvalue weighted by molar-refractivity contribution is -0.140. The van der Waals surface area contributed by atoms with Crippen LogP contribution in [-0.4, -0.2) is 58.4 Å². The highest BCUT2D eigenvalue weighted by atomic mass is 16.5. The molecule has 10 nitrogen and oxygen atoms in total. The molecule has 3 atom stereocenters. The zero-order valence-corrected chi connectivity index (χ0v) is 19.6. The van der Waals surface area contributed by atoms with Gasteiger partial charge in [0.25, 0.3) is 5.91 Å². The summed E-state index contributed by atoms with van der Waals surface area (Å²) in [5.41, 5.74) is 0. The Morgan fingerprint density at radius 3 is 2.26 bits per heavy atom. The lowest BCUT2D eigenvalue weighted by atomic mass is 10.0. The molecule has 0 aliphatic rings. The van der Waals surface area contributed by atoms with Crippen LogP contribution in [0.2, 0.25) is 0 Å². The molecule has 0 spiro atoms. The van der Waals surface area contributed by atoms with E-state index in [1.807, 2.05) is 44.2 Å². The van der Waals surface area contributed by atoms with Crippen LogP contribution in [0, 0.1) is 5.92 Å². The first-order chi connectivity index (χ1) is 16.6. The molecule has 0 saturated carbocycles. The Morgan fingerprint density at radius 2 is 1.63 bits per heavy atom. The summed E-state index contributed by atoms with van der Waals surface area (Å²) >= 11 is 0. The fourth-order valence-corrected chi connectivity index (χ4v) is 3.52. The van der Waals surface area contributed by atoms with Crippen LogP contribution < -0.4 is 15.4 Å². The van der Waals surface area contributed by atoms with Gasteiger partial charge in [0.05, 0.1) is 12.5 Å². The highest BCUT2D eigenvalue weighted by molar-refractivity contribution is 5.92. The van der Waals surface area contributed by atoms with Gasteiger partial charge in [0.2, 0.25) is 5.91 Å². The van der Waals surface area contributed by atoms with E-state index in [1.54, 1.807) is 12.1 Å². The van der Waals surface area contributed by atoms with Crippen molar-refractivity contribution in [1.82, 2.24) is 10.6 Å². The Kier molecular flexibility index (Phi) is 10.2. The number of aliphatic carboxylic acids is 2. The average molecular weight is 487 g/mol. The highest BCUT2D eigenvalue weighted by Crippen LogP contribution is 2.27. The van der Waals surface area contributed by atoms with E-state index >= 15 is 0 Å². The molecule has 2 rings (SSSR count). The van der Waals surface area contributed by atoms with Crippen molar-refractivity contribution in [2.45, 2.75) is 57.7 Å². The van der Waals surface area contributed by atoms with Crippen molar-refractivity contribution in [3.05, 3.63) is 42.5 Å². The summed E-state index contributed by atoms with van der Waals surface area (Å²) < 4.78 is 5.94. The van der Waals surface area contributed by atoms with Crippen LogP contribution in [0.5, 0.6) is 5.75 Å². The SMILES string of the molecule is CC(C)C[C@H](NC(=O)[C@H](CCC(=O)O)Oc1cccc2ccccc12)C(=O)N[C@H](C=O)CC(=O)O. The minimum absolute atomic E-state index is 0.0309. The summed E-state index contributed by atoms with van der Waals surface area (Å²) in [4.78, 5) is 59.2. The second kappa shape index (κ2) is 13.1. The van der Waals surface area contributed by atoms with Crippen LogP contribution in [0.25, 0.3) is 10.8 Å². The number of ether oxygens (including phenoxy) is 1. The molecule has 0 aromatic heterocycles. The molecule has 0 aliphatic carbocycles. The molecule has 0 heterocycles. The molecule has 4 N–H and O–H groups in total. The van der Waals surface area contributed by atoms with Crippen LogP contribution in [0.4, 0.5) is 0 Å². The molecule has 35 heavy (non-hydrogen) atoms. The van der Waals surface area contributed by atoms with Crippen molar-refractivity contribution in [3.8, 4) is 5.75 Å². The molecule has 2 aromatic carbocycles. The topological polar surface area (TPSA) is 159 Å². The van der Waals surface area contributed by atoms with Crippen molar-refractivity contribution in [3.63, 3.8) is 0 Å². The van der Waals surface area contributed by atoms with Gasteiger partial charge in [-0.3, -0.25) is 19.2 Å². The van der Waals surface area contributed by atoms with Gasteiger partial charge in [0.1, 0.15) is 18.1 Å². The van der Waals surface area contributed by atoms with E-state index in [0.717, 1.165) is 10.8 Å². The number of hydrogen-bond acceptors (Lipinski definition) is 6. The number of carboxylic acid groups (broad SMARTS) is 2. The third-order valence-electron chi connectivity index (χ3n) is 5.16. The van der Waals surface area contributed by atoms with E-state index < -0.39 is 48.4 Å². The Hall–Kier alpha value is -3.95. The third-order valence-corrected chi connectivity index (χ3v) is 5.16. The van der Waals surface area contributed by atoms with E-state index in [9.17, 15) is 24.0 Å². The van der Waals surface area contributed by atoms with Crippen LogP contribution in [-0.2, 0) is 24.0 Å². The molecule has 2 aromatic rings. The molecule has 0 unspecified atom stereocenters. The van der Waals surface area contributed by atoms with Gasteiger partial charge in [-0.05, 0) is 23.8 Å². The number of carboxylic acids is 2. The molecule has 188 valence electrons. The van der Waals surface area contributed by atoms with Crippen molar-refractivity contribution >= 4 is 40.8 Å². The van der Waals surface area contributed by atoms with Gasteiger partial charge in [-0.2, -0.15) is 0 Å². The van der Waals surface area contributed by atoms with Crippen molar-refractivity contribution in [2.75, 3.05) is 0 Å². The first-order valence-electron chi connectivity index (χ1n) is 11.2. The fourth-order valence-electron chi connectivity index (χ4n) is 3.52. The van der Waals surface area contributed by atoms with Crippen LogP contribution in [0.3, 0.4) is 0 Å². The maximum Gasteiger partial charge on any atom is 0.305 e. The number of carbonyl (C=O) groups is 5. The summed E-state index contributed by atoms with van der Waals surface area (Å²) in [7, 11) is 0. The minimum Gasteiger partial charge on any atom is -0.481 e. The quantitative estimate of drug-likeness (QED) is 0.296. The Bertz CT molecular complexity index is 1060. The number of nitrogens with one attached hydrogen (secondary N) is 2. The second-order valence-corrected chi connectivity index (χ2v) is 8.56. The van der Waals surface area contributed by atoms with Crippen LogP contribution in [0.15, 0.2) is 42.5 Å². The van der Waals surface area contributed by atoms with Gasteiger partial charge in [-0.25, -0.2) is 0 Å². The monoisotopic (exact) mass is 486 g/mol. The number of benzene rings is 2. The average Bonchev–Trinajstić information content (AvgIpc) is 2.80. The van der Waals surface area contributed by atoms with Gasteiger partial charge in [0, 0.05) is 18.2 Å². The van der Waals surface area contributed by atoms with Gasteiger partial charge in [-0.1, -0.05) is 50.2 Å². The van der Waals surface area contributed by atoms with Crippen molar-refractivity contribution in [1.29, 1.82) is 0 Å². The number of hydrogen-bond donors (Lipinski definition) is 4. The maximum atomic E-state index is 13.2. The van der Waals surface area contributed by atoms with Gasteiger partial charge < -0.3 is 30.4 Å². The first kappa shape index (κ1) is 27.3. The molecule has 0 bridgehead atoms. The zero-order chi connectivity index (χ0) is 26.0. The molecule has 0 saturated heterocycles. The van der Waals surface area contributed by atoms with Gasteiger partial charge in [-0.15, -0.1) is 0 Å². The van der Waals surface area contributed by atoms with Crippen molar-refractivity contribution in [2.24, 2.45) is 5.92 Å². The number of aldehydes is 1. The summed E-state index contributed by atoms with van der Waals surface area (Å²) in [6.07, 6.45) is -1.76. The highest BCUT2D eigenvalue weighted by Gasteiger charge is 2.29. The van der Waals surface area contributed by atoms with Crippen LogP contribution in [0.1, 0.15) is 39.5 Å². The van der Waals surface area contributed by atoms with E-state index in [4.69, 9.17) is 14.9 Å². The Balaban J connectivity index is 2.24. The number of amides is 2. The fraction of sp³-hybridized carbons (Fsp3) is 0.400. The lowest BCUT2D eigenvalue weighted by Crippen LogP contribution is -2.53. The molecule has 10 heteroatoms. The third kappa shape index (κ3) is 8.73. The Morgan fingerprint density at radius 1 is 0.943 bits per heavy atom. The maximum absolute atomic E-state index is 13.2.